The maximum absolute atomic E-state index is 11.9. The summed E-state index contributed by atoms with van der Waals surface area (Å²) in [6.07, 6.45) is 4.08. The van der Waals surface area contributed by atoms with Gasteiger partial charge in [-0.2, -0.15) is 0 Å². The van der Waals surface area contributed by atoms with Gasteiger partial charge in [-0.1, -0.05) is 13.0 Å². The molecular weight excluding hydrogens is 176 g/mol. The molecule has 1 aliphatic heterocycles. The van der Waals surface area contributed by atoms with E-state index < -0.39 is 0 Å². The lowest BCUT2D eigenvalue weighted by Gasteiger charge is -2.31. The first-order chi connectivity index (χ1) is 6.66. The third kappa shape index (κ3) is 2.58. The van der Waals surface area contributed by atoms with E-state index >= 15 is 0 Å². The van der Waals surface area contributed by atoms with E-state index in [1.54, 1.807) is 11.0 Å². The molecule has 1 amide bonds. The summed E-state index contributed by atoms with van der Waals surface area (Å²) in [4.78, 5) is 13.6. The van der Waals surface area contributed by atoms with E-state index in [4.69, 9.17) is 0 Å². The smallest absolute Gasteiger partial charge is 0.240 e. The van der Waals surface area contributed by atoms with Crippen LogP contribution in [0.5, 0.6) is 0 Å². The van der Waals surface area contributed by atoms with Crippen molar-refractivity contribution in [3.8, 4) is 0 Å². The van der Waals surface area contributed by atoms with E-state index in [0.717, 1.165) is 13.0 Å². The molecule has 80 valence electrons. The number of nitrogens with zero attached hydrogens (tertiary/aromatic N) is 1. The van der Waals surface area contributed by atoms with Crippen molar-refractivity contribution in [2.24, 2.45) is 5.92 Å². The largest absolute Gasteiger partial charge is 0.341 e. The summed E-state index contributed by atoms with van der Waals surface area (Å²) in [7, 11) is 1.83. The Morgan fingerprint density at radius 3 is 3.00 bits per heavy atom. The number of amides is 1. The Morgan fingerprint density at radius 2 is 2.43 bits per heavy atom. The molecule has 0 radical (unpaired) electrons. The van der Waals surface area contributed by atoms with Crippen molar-refractivity contribution in [2.75, 3.05) is 20.1 Å². The minimum atomic E-state index is 0.00806. The molecule has 0 aromatic rings. The first-order valence-corrected chi connectivity index (χ1v) is 5.26. The molecule has 1 heterocycles. The normalized spacial score (nSPS) is 27.0. The van der Waals surface area contributed by atoms with E-state index in [1.165, 1.54) is 6.42 Å². The van der Waals surface area contributed by atoms with Crippen LogP contribution < -0.4 is 5.32 Å². The van der Waals surface area contributed by atoms with Crippen LogP contribution in [0.25, 0.3) is 0 Å². The minimum Gasteiger partial charge on any atom is -0.341 e. The van der Waals surface area contributed by atoms with Crippen LogP contribution in [0, 0.1) is 5.92 Å². The van der Waals surface area contributed by atoms with Gasteiger partial charge in [0.2, 0.25) is 5.91 Å². The molecule has 1 fully saturated rings. The number of nitrogens with one attached hydrogen (secondary N) is 1. The number of hydrogen-bond donors (Lipinski definition) is 1. The summed E-state index contributed by atoms with van der Waals surface area (Å²) < 4.78 is 0. The van der Waals surface area contributed by atoms with Gasteiger partial charge >= 0.3 is 0 Å². The third-order valence-corrected chi connectivity index (χ3v) is 2.81. The average Bonchev–Trinajstić information content (AvgIpc) is 2.18. The highest BCUT2D eigenvalue weighted by Crippen LogP contribution is 2.16. The number of carbonyl (C=O) groups is 1. The summed E-state index contributed by atoms with van der Waals surface area (Å²) in [6.45, 7) is 7.36. The van der Waals surface area contributed by atoms with Crippen LogP contribution in [0.15, 0.2) is 12.7 Å². The molecule has 1 aliphatic rings. The fraction of sp³-hybridized carbons (Fsp3) is 0.727. The van der Waals surface area contributed by atoms with E-state index in [9.17, 15) is 4.79 Å². The number of rotatable bonds is 3. The van der Waals surface area contributed by atoms with Gasteiger partial charge < -0.3 is 10.2 Å². The van der Waals surface area contributed by atoms with Crippen LogP contribution in [0.2, 0.25) is 0 Å². The van der Waals surface area contributed by atoms with Crippen LogP contribution in [0.4, 0.5) is 0 Å². The molecule has 14 heavy (non-hydrogen) atoms. The highest BCUT2D eigenvalue weighted by Gasteiger charge is 2.28. The van der Waals surface area contributed by atoms with Gasteiger partial charge in [-0.3, -0.25) is 4.79 Å². The van der Waals surface area contributed by atoms with Crippen LogP contribution in [0.1, 0.15) is 19.8 Å². The molecule has 1 rings (SSSR count). The van der Waals surface area contributed by atoms with E-state index in [-0.39, 0.29) is 11.9 Å². The Morgan fingerprint density at radius 1 is 1.71 bits per heavy atom. The first kappa shape index (κ1) is 11.2. The molecular formula is C11H20N2O. The van der Waals surface area contributed by atoms with Gasteiger partial charge in [-0.25, -0.2) is 0 Å². The van der Waals surface area contributed by atoms with Gasteiger partial charge in [-0.15, -0.1) is 6.58 Å². The molecule has 3 heteroatoms. The van der Waals surface area contributed by atoms with Crippen molar-refractivity contribution in [3.63, 3.8) is 0 Å². The standard InChI is InChI=1S/C11H20N2O/c1-4-8-13(3)11(14)10-9(2)6-5-7-12-10/h4,9-10,12H,1,5-8H2,2-3H3. The molecule has 0 aromatic heterocycles. The second kappa shape index (κ2) is 5.15. The average molecular weight is 196 g/mol. The van der Waals surface area contributed by atoms with Crippen LogP contribution in [0.3, 0.4) is 0 Å². The Labute approximate surface area is 86.2 Å². The Hall–Kier alpha value is -0.830. The van der Waals surface area contributed by atoms with Gasteiger partial charge in [0, 0.05) is 13.6 Å². The minimum absolute atomic E-state index is 0.00806. The molecule has 1 N–H and O–H groups in total. The van der Waals surface area contributed by atoms with E-state index in [0.29, 0.717) is 12.5 Å². The number of hydrogen-bond acceptors (Lipinski definition) is 2. The number of piperidine rings is 1. The van der Waals surface area contributed by atoms with Gasteiger partial charge in [0.05, 0.1) is 6.04 Å². The van der Waals surface area contributed by atoms with Crippen molar-refractivity contribution in [2.45, 2.75) is 25.8 Å². The molecule has 2 atom stereocenters. The van der Waals surface area contributed by atoms with Crippen molar-refractivity contribution in [1.82, 2.24) is 10.2 Å². The first-order valence-electron chi connectivity index (χ1n) is 5.26. The summed E-state index contributed by atoms with van der Waals surface area (Å²) in [5.74, 6) is 0.639. The van der Waals surface area contributed by atoms with Crippen molar-refractivity contribution in [1.29, 1.82) is 0 Å². The second-order valence-electron chi connectivity index (χ2n) is 4.06. The summed E-state index contributed by atoms with van der Waals surface area (Å²) in [6, 6.07) is 0.00806. The van der Waals surface area contributed by atoms with Gasteiger partial charge in [0.15, 0.2) is 0 Å². The highest BCUT2D eigenvalue weighted by molar-refractivity contribution is 5.82. The Balaban J connectivity index is 2.53. The van der Waals surface area contributed by atoms with Crippen molar-refractivity contribution < 1.29 is 4.79 Å². The van der Waals surface area contributed by atoms with Crippen LogP contribution in [-0.4, -0.2) is 37.0 Å². The molecule has 0 aromatic carbocycles. The van der Waals surface area contributed by atoms with Crippen molar-refractivity contribution in [3.05, 3.63) is 12.7 Å². The SMILES string of the molecule is C=CCN(C)C(=O)C1NCCCC1C. The number of likely N-dealkylation sites (N-methyl/N-ethyl adjacent to an activating group) is 1. The van der Waals surface area contributed by atoms with Crippen LogP contribution in [-0.2, 0) is 4.79 Å². The predicted octanol–water partition coefficient (Wildman–Crippen LogP) is 1.02. The van der Waals surface area contributed by atoms with Crippen LogP contribution >= 0.6 is 0 Å². The molecule has 1 saturated heterocycles. The van der Waals surface area contributed by atoms with E-state index in [2.05, 4.69) is 18.8 Å². The molecule has 0 bridgehead atoms. The topological polar surface area (TPSA) is 32.3 Å². The maximum atomic E-state index is 11.9. The fourth-order valence-electron chi connectivity index (χ4n) is 1.90. The molecule has 0 saturated carbocycles. The zero-order valence-corrected chi connectivity index (χ0v) is 9.12. The van der Waals surface area contributed by atoms with Gasteiger partial charge in [0.25, 0.3) is 0 Å². The Kier molecular flexibility index (Phi) is 4.14. The lowest BCUT2D eigenvalue weighted by atomic mass is 9.92. The lowest BCUT2D eigenvalue weighted by molar-refractivity contribution is -0.133. The maximum Gasteiger partial charge on any atom is 0.240 e. The monoisotopic (exact) mass is 196 g/mol. The molecule has 0 spiro atoms. The third-order valence-electron chi connectivity index (χ3n) is 2.81. The highest BCUT2D eigenvalue weighted by atomic mass is 16.2. The van der Waals surface area contributed by atoms with E-state index in [1.807, 2.05) is 7.05 Å². The molecule has 0 aliphatic carbocycles. The zero-order chi connectivity index (χ0) is 10.6. The molecule has 2 unspecified atom stereocenters. The van der Waals surface area contributed by atoms with Gasteiger partial charge in [0.1, 0.15) is 0 Å². The van der Waals surface area contributed by atoms with Gasteiger partial charge in [-0.05, 0) is 25.3 Å². The quantitative estimate of drug-likeness (QED) is 0.683. The summed E-state index contributed by atoms with van der Waals surface area (Å²) >= 11 is 0. The summed E-state index contributed by atoms with van der Waals surface area (Å²) in [5.41, 5.74) is 0. The second-order valence-corrected chi connectivity index (χ2v) is 4.06. The Bertz CT molecular complexity index is 215. The fourth-order valence-corrected chi connectivity index (χ4v) is 1.90. The summed E-state index contributed by atoms with van der Waals surface area (Å²) in [5, 5.41) is 3.28. The zero-order valence-electron chi connectivity index (χ0n) is 9.12. The van der Waals surface area contributed by atoms with Crippen molar-refractivity contribution >= 4 is 5.91 Å². The lowest BCUT2D eigenvalue weighted by Crippen LogP contribution is -2.51. The predicted molar refractivity (Wildman–Crippen MR) is 58.0 cm³/mol. The molecule has 3 nitrogen and oxygen atoms in total. The number of carbonyl (C=O) groups excluding carboxylic acids is 1.